The summed E-state index contributed by atoms with van der Waals surface area (Å²) in [5.41, 5.74) is 4.05. The largest absolute Gasteiger partial charge is 0.496 e. The molecule has 6 aromatic rings. The van der Waals surface area contributed by atoms with Gasteiger partial charge in [0.25, 0.3) is 0 Å². The molecule has 1 unspecified atom stereocenters. The number of methoxy groups -OCH3 is 1. The monoisotopic (exact) mass is 761 g/mol. The van der Waals surface area contributed by atoms with Crippen LogP contribution in [0.2, 0.25) is 0 Å². The van der Waals surface area contributed by atoms with Gasteiger partial charge in [-0.2, -0.15) is 8.42 Å². The van der Waals surface area contributed by atoms with Gasteiger partial charge in [0.1, 0.15) is 47.2 Å². The number of hydrogen-bond donors (Lipinski definition) is 1. The molecule has 0 saturated heterocycles. The van der Waals surface area contributed by atoms with Crippen molar-refractivity contribution in [1.82, 2.24) is 19.9 Å². The lowest BCUT2D eigenvalue weighted by atomic mass is 10.1. The average molecular weight is 763 g/mol. The van der Waals surface area contributed by atoms with Gasteiger partial charge in [-0.25, -0.2) is 19.3 Å². The fourth-order valence-corrected chi connectivity index (χ4v) is 6.87. The summed E-state index contributed by atoms with van der Waals surface area (Å²) in [4.78, 5) is 18.0. The fraction of sp³-hybridized carbons (Fsp3) is 0.171. The van der Waals surface area contributed by atoms with E-state index in [1.807, 2.05) is 42.6 Å². The number of nitrogens with zero attached hydrogens (tertiary/aromatic N) is 4. The lowest BCUT2D eigenvalue weighted by Crippen LogP contribution is -2.15. The number of fused-ring (bicyclic) bond motifs is 1. The van der Waals surface area contributed by atoms with Crippen LogP contribution in [0.4, 0.5) is 15.9 Å². The molecule has 3 aromatic heterocycles. The van der Waals surface area contributed by atoms with Crippen LogP contribution < -0.4 is 14.8 Å². The van der Waals surface area contributed by atoms with Crippen molar-refractivity contribution in [2.45, 2.75) is 32.5 Å². The summed E-state index contributed by atoms with van der Waals surface area (Å²) < 4.78 is 56.0. The Morgan fingerprint density at radius 1 is 1.02 bits per heavy atom. The van der Waals surface area contributed by atoms with Crippen molar-refractivity contribution in [2.24, 2.45) is 0 Å². The topological polar surface area (TPSA) is 125 Å². The first kappa shape index (κ1) is 34.1. The lowest BCUT2D eigenvalue weighted by molar-refractivity contribution is 0.188. The number of nitrogens with one attached hydrogen (secondary N) is 1. The van der Waals surface area contributed by atoms with Crippen LogP contribution in [-0.2, 0) is 28.1 Å². The van der Waals surface area contributed by atoms with Crippen molar-refractivity contribution < 1.29 is 27.0 Å². The molecule has 10 nitrogen and oxygen atoms in total. The number of halogens is 2. The molecule has 0 aliphatic rings. The summed E-state index contributed by atoms with van der Waals surface area (Å²) in [6.07, 6.45) is 3.04. The van der Waals surface area contributed by atoms with E-state index in [4.69, 9.17) is 19.2 Å². The molecular formula is C35H29BrFN5O5S2. The van der Waals surface area contributed by atoms with E-state index in [-0.39, 0.29) is 23.9 Å². The zero-order chi connectivity index (χ0) is 34.3. The third kappa shape index (κ3) is 8.28. The molecular weight excluding hydrogens is 733 g/mol. The Labute approximate surface area is 295 Å². The van der Waals surface area contributed by atoms with Gasteiger partial charge in [0.15, 0.2) is 5.05 Å². The highest BCUT2D eigenvalue weighted by Gasteiger charge is 2.21. The van der Waals surface area contributed by atoms with Crippen LogP contribution >= 0.6 is 27.3 Å². The fourth-order valence-electron chi connectivity index (χ4n) is 4.99. The molecule has 1 N–H and O–H groups in total. The molecule has 0 saturated carbocycles. The summed E-state index contributed by atoms with van der Waals surface area (Å²) in [5, 5.41) is 6.50. The van der Waals surface area contributed by atoms with Gasteiger partial charge in [-0.1, -0.05) is 25.1 Å². The maximum absolute atomic E-state index is 13.6. The van der Waals surface area contributed by atoms with Gasteiger partial charge < -0.3 is 19.5 Å². The predicted molar refractivity (Wildman–Crippen MR) is 191 cm³/mol. The minimum absolute atomic E-state index is 0.0428. The van der Waals surface area contributed by atoms with E-state index in [9.17, 15) is 12.8 Å². The van der Waals surface area contributed by atoms with Crippen LogP contribution in [0.25, 0.3) is 22.2 Å². The molecule has 0 radical (unpaired) electrons. The van der Waals surface area contributed by atoms with Crippen LogP contribution in [0.15, 0.2) is 95.2 Å². The molecule has 0 amide bonds. The number of benzene rings is 3. The average Bonchev–Trinajstić information content (AvgIpc) is 3.59. The standard InChI is InChI=1S/C35H29BrFN5O5S2/c1-3-30(47-33(49(43)44)15-23-9-4-5-12-38-23)35-42-29(19-48-35)25-16-26-28(17-32(25)45-2)39-20-40-34(26)41-24-10-11-31(27(36)14-24)46-18-21-7-6-8-22(37)13-21/h4-14,16-17,19-20,30H,3,15,18H2,1-2H3,(H,39,40,41). The van der Waals surface area contributed by atoms with E-state index in [1.54, 1.807) is 43.6 Å². The Balaban J connectivity index is 1.24. The van der Waals surface area contributed by atoms with Gasteiger partial charge in [0.05, 0.1) is 29.2 Å². The minimum Gasteiger partial charge on any atom is -0.496 e. The molecule has 0 aliphatic carbocycles. The zero-order valence-electron chi connectivity index (χ0n) is 26.3. The Hall–Kier alpha value is -4.76. The van der Waals surface area contributed by atoms with Gasteiger partial charge in [-0.3, -0.25) is 4.98 Å². The first-order valence-electron chi connectivity index (χ1n) is 15.0. The molecule has 3 aromatic carbocycles. The van der Waals surface area contributed by atoms with Gasteiger partial charge >= 0.3 is 0 Å². The number of thiazole rings is 1. The summed E-state index contributed by atoms with van der Waals surface area (Å²) >= 11 is 4.94. The number of hydrogen-bond acceptors (Lipinski definition) is 11. The van der Waals surface area contributed by atoms with Crippen molar-refractivity contribution in [1.29, 1.82) is 0 Å². The van der Waals surface area contributed by atoms with Crippen LogP contribution in [0.5, 0.6) is 11.5 Å². The number of ether oxygens (including phenoxy) is 3. The molecule has 14 heteroatoms. The molecule has 0 bridgehead atoms. The Morgan fingerprint density at radius 2 is 1.90 bits per heavy atom. The maximum atomic E-state index is 13.6. The van der Waals surface area contributed by atoms with Crippen LogP contribution in [0.1, 0.15) is 35.7 Å². The first-order valence-corrected chi connectivity index (χ1v) is 17.8. The zero-order valence-corrected chi connectivity index (χ0v) is 29.5. The summed E-state index contributed by atoms with van der Waals surface area (Å²) in [5.74, 6) is 1.41. The van der Waals surface area contributed by atoms with Crippen molar-refractivity contribution in [2.75, 3.05) is 12.4 Å². The number of anilines is 2. The van der Waals surface area contributed by atoms with Crippen molar-refractivity contribution in [3.05, 3.63) is 117 Å². The molecule has 6 rings (SSSR count). The van der Waals surface area contributed by atoms with E-state index in [0.717, 1.165) is 16.6 Å². The van der Waals surface area contributed by atoms with Gasteiger partial charge in [0.2, 0.25) is 10.3 Å². The third-order valence-corrected chi connectivity index (χ3v) is 9.56. The highest BCUT2D eigenvalue weighted by Crippen LogP contribution is 2.38. The summed E-state index contributed by atoms with van der Waals surface area (Å²) in [6, 6.07) is 20.9. The van der Waals surface area contributed by atoms with Crippen molar-refractivity contribution in [3.8, 4) is 22.8 Å². The normalized spacial score (nSPS) is 11.7. The van der Waals surface area contributed by atoms with Crippen LogP contribution in [-0.4, -0.2) is 40.5 Å². The molecule has 0 fully saturated rings. The van der Waals surface area contributed by atoms with E-state index in [1.165, 1.54) is 29.8 Å². The quantitative estimate of drug-likeness (QED) is 0.122. The van der Waals surface area contributed by atoms with Gasteiger partial charge in [-0.05, 0) is 76.4 Å². The number of pyridine rings is 1. The van der Waals surface area contributed by atoms with Crippen LogP contribution in [0, 0.1) is 5.82 Å². The maximum Gasteiger partial charge on any atom is 0.241 e. The molecule has 250 valence electrons. The Kier molecular flexibility index (Phi) is 10.9. The molecule has 1 atom stereocenters. The van der Waals surface area contributed by atoms with Crippen molar-refractivity contribution in [3.63, 3.8) is 0 Å². The van der Waals surface area contributed by atoms with E-state index < -0.39 is 16.4 Å². The van der Waals surface area contributed by atoms with E-state index in [2.05, 4.69) is 36.2 Å². The SMILES string of the molecule is CCC(OC(Cc1ccccn1)=S(=O)=O)c1nc(-c2cc3c(Nc4ccc(OCc5cccc(F)c5)c(Br)c4)ncnc3cc2OC)cs1. The van der Waals surface area contributed by atoms with Gasteiger partial charge in [0, 0.05) is 40.0 Å². The molecule has 3 heterocycles. The third-order valence-electron chi connectivity index (χ3n) is 7.39. The van der Waals surface area contributed by atoms with Crippen LogP contribution in [0.3, 0.4) is 0 Å². The first-order chi connectivity index (χ1) is 23.8. The number of rotatable bonds is 12. The number of aromatic nitrogens is 4. The molecule has 0 spiro atoms. The second-order valence-electron chi connectivity index (χ2n) is 10.7. The van der Waals surface area contributed by atoms with Crippen molar-refractivity contribution >= 4 is 65.0 Å². The van der Waals surface area contributed by atoms with Gasteiger partial charge in [-0.15, -0.1) is 11.3 Å². The summed E-state index contributed by atoms with van der Waals surface area (Å²) in [6.45, 7) is 2.13. The van der Waals surface area contributed by atoms with E-state index in [0.29, 0.717) is 55.7 Å². The predicted octanol–water partition coefficient (Wildman–Crippen LogP) is 8.10. The second kappa shape index (κ2) is 15.6. The summed E-state index contributed by atoms with van der Waals surface area (Å²) in [7, 11) is -0.987. The van der Waals surface area contributed by atoms with E-state index >= 15 is 0 Å². The highest BCUT2D eigenvalue weighted by atomic mass is 79.9. The Bertz CT molecular complexity index is 2240. The molecule has 0 aliphatic heterocycles. The minimum atomic E-state index is -2.56. The Morgan fingerprint density at radius 3 is 2.63 bits per heavy atom. The molecule has 49 heavy (non-hydrogen) atoms. The highest BCUT2D eigenvalue weighted by molar-refractivity contribution is 9.10. The smallest absolute Gasteiger partial charge is 0.241 e. The lowest BCUT2D eigenvalue weighted by Gasteiger charge is -2.14. The second-order valence-corrected chi connectivity index (χ2v) is 13.3.